The van der Waals surface area contributed by atoms with Gasteiger partial charge in [-0.15, -0.1) is 0 Å². The van der Waals surface area contributed by atoms with Crippen LogP contribution in [0.4, 0.5) is 0 Å². The van der Waals surface area contributed by atoms with E-state index in [0.29, 0.717) is 13.2 Å². The number of aromatic nitrogens is 1. The Morgan fingerprint density at radius 2 is 2.32 bits per heavy atom. The van der Waals surface area contributed by atoms with Crippen molar-refractivity contribution in [1.82, 2.24) is 10.3 Å². The molecule has 0 saturated carbocycles. The Balaban J connectivity index is 1.64. The first kappa shape index (κ1) is 14.1. The predicted molar refractivity (Wildman–Crippen MR) is 77.2 cm³/mol. The molecule has 4 nitrogen and oxygen atoms in total. The van der Waals surface area contributed by atoms with E-state index < -0.39 is 0 Å². The monoisotopic (exact) mass is 324 g/mol. The average Bonchev–Trinajstić information content (AvgIpc) is 2.86. The molecule has 1 N–H and O–H groups in total. The van der Waals surface area contributed by atoms with Crippen LogP contribution in [0.5, 0.6) is 5.75 Å². The molecule has 0 saturated heterocycles. The Hall–Kier alpha value is -1.33. The molecule has 0 amide bonds. The molecule has 0 aliphatic carbocycles. The molecule has 0 aliphatic heterocycles. The summed E-state index contributed by atoms with van der Waals surface area (Å²) >= 11 is 3.41. The molecule has 0 bridgehead atoms. The summed E-state index contributed by atoms with van der Waals surface area (Å²) in [6, 6.07) is 7.80. The van der Waals surface area contributed by atoms with Crippen molar-refractivity contribution in [1.29, 1.82) is 0 Å². The Morgan fingerprint density at radius 3 is 3.05 bits per heavy atom. The van der Waals surface area contributed by atoms with Crippen LogP contribution in [-0.4, -0.2) is 18.1 Å². The van der Waals surface area contributed by atoms with Crippen molar-refractivity contribution < 1.29 is 9.15 Å². The van der Waals surface area contributed by atoms with Crippen LogP contribution in [0.3, 0.4) is 0 Å². The molecule has 0 unspecified atom stereocenters. The van der Waals surface area contributed by atoms with Crippen LogP contribution in [0.15, 0.2) is 39.4 Å². The van der Waals surface area contributed by atoms with Crippen molar-refractivity contribution in [2.24, 2.45) is 0 Å². The highest BCUT2D eigenvalue weighted by Gasteiger charge is 2.01. The van der Waals surface area contributed by atoms with Crippen LogP contribution in [0.2, 0.25) is 0 Å². The molecule has 5 heteroatoms. The smallest absolute Gasteiger partial charge is 0.208 e. The summed E-state index contributed by atoms with van der Waals surface area (Å²) in [6.45, 7) is 4.03. The van der Waals surface area contributed by atoms with Gasteiger partial charge in [0.15, 0.2) is 0 Å². The van der Waals surface area contributed by atoms with Gasteiger partial charge in [-0.1, -0.05) is 28.9 Å². The zero-order valence-electron chi connectivity index (χ0n) is 10.9. The maximum Gasteiger partial charge on any atom is 0.208 e. The maximum atomic E-state index is 5.61. The van der Waals surface area contributed by atoms with Crippen molar-refractivity contribution in [3.8, 4) is 5.75 Å². The van der Waals surface area contributed by atoms with Gasteiger partial charge in [-0.25, -0.2) is 4.98 Å². The summed E-state index contributed by atoms with van der Waals surface area (Å²) in [5, 5.41) is 3.23. The van der Waals surface area contributed by atoms with Gasteiger partial charge < -0.3 is 14.5 Å². The lowest BCUT2D eigenvalue weighted by molar-refractivity contribution is 0.309. The molecule has 1 aromatic heterocycles. The van der Waals surface area contributed by atoms with E-state index in [9.17, 15) is 0 Å². The van der Waals surface area contributed by atoms with Gasteiger partial charge in [0.05, 0.1) is 12.7 Å². The summed E-state index contributed by atoms with van der Waals surface area (Å²) in [5.41, 5.74) is 0. The Morgan fingerprint density at radius 1 is 1.42 bits per heavy atom. The molecule has 1 aromatic carbocycles. The van der Waals surface area contributed by atoms with Crippen LogP contribution in [0, 0.1) is 0 Å². The van der Waals surface area contributed by atoms with Crippen molar-refractivity contribution in [3.05, 3.63) is 46.6 Å². The predicted octanol–water partition coefficient (Wildman–Crippen LogP) is 3.17. The lowest BCUT2D eigenvalue weighted by Gasteiger charge is -2.06. The normalized spacial score (nSPS) is 10.6. The zero-order valence-corrected chi connectivity index (χ0v) is 12.4. The van der Waals surface area contributed by atoms with Gasteiger partial charge in [0, 0.05) is 17.4 Å². The van der Waals surface area contributed by atoms with Crippen LogP contribution in [0.1, 0.15) is 18.6 Å². The summed E-state index contributed by atoms with van der Waals surface area (Å²) in [7, 11) is 0. The standard InChI is InChI=1S/C14H17BrN2O2/c1-2-12-9-17-14(19-12)10-16-6-7-18-13-5-3-4-11(15)8-13/h3-5,8-9,16H,2,6-7,10H2,1H3. The second-order valence-electron chi connectivity index (χ2n) is 4.06. The van der Waals surface area contributed by atoms with Crippen molar-refractivity contribution in [2.75, 3.05) is 13.2 Å². The highest BCUT2D eigenvalue weighted by Crippen LogP contribution is 2.17. The van der Waals surface area contributed by atoms with Gasteiger partial charge in [-0.2, -0.15) is 0 Å². The minimum absolute atomic E-state index is 0.609. The molecule has 19 heavy (non-hydrogen) atoms. The zero-order chi connectivity index (χ0) is 13.5. The minimum atomic E-state index is 0.609. The summed E-state index contributed by atoms with van der Waals surface area (Å²) in [4.78, 5) is 4.18. The lowest BCUT2D eigenvalue weighted by atomic mass is 10.3. The van der Waals surface area contributed by atoms with Crippen LogP contribution in [0.25, 0.3) is 0 Å². The number of hydrogen-bond acceptors (Lipinski definition) is 4. The molecule has 0 atom stereocenters. The molecule has 2 rings (SSSR count). The number of nitrogens with zero attached hydrogens (tertiary/aromatic N) is 1. The van der Waals surface area contributed by atoms with Gasteiger partial charge in [0.25, 0.3) is 0 Å². The third-order valence-corrected chi connectivity index (χ3v) is 3.06. The average molecular weight is 325 g/mol. The maximum absolute atomic E-state index is 5.61. The van der Waals surface area contributed by atoms with Gasteiger partial charge in [0.1, 0.15) is 18.1 Å². The number of hydrogen-bond donors (Lipinski definition) is 1. The molecule has 1 heterocycles. The van der Waals surface area contributed by atoms with Crippen molar-refractivity contribution in [3.63, 3.8) is 0 Å². The van der Waals surface area contributed by atoms with E-state index in [0.717, 1.165) is 34.8 Å². The number of nitrogens with one attached hydrogen (secondary N) is 1. The fourth-order valence-corrected chi connectivity index (χ4v) is 1.96. The summed E-state index contributed by atoms with van der Waals surface area (Å²) < 4.78 is 12.1. The third kappa shape index (κ3) is 4.69. The molecule has 2 aromatic rings. The SMILES string of the molecule is CCc1cnc(CNCCOc2cccc(Br)c2)o1. The number of halogens is 1. The van der Waals surface area contributed by atoms with E-state index in [1.54, 1.807) is 6.20 Å². The first-order chi connectivity index (χ1) is 9.28. The molecule has 0 radical (unpaired) electrons. The molecule has 0 aliphatic rings. The Kier molecular flexibility index (Phi) is 5.42. The van der Waals surface area contributed by atoms with E-state index in [-0.39, 0.29) is 0 Å². The first-order valence-corrected chi connectivity index (χ1v) is 7.10. The Labute approximate surface area is 121 Å². The van der Waals surface area contributed by atoms with Crippen LogP contribution >= 0.6 is 15.9 Å². The number of ether oxygens (including phenoxy) is 1. The van der Waals surface area contributed by atoms with E-state index in [2.05, 4.69) is 26.2 Å². The summed E-state index contributed by atoms with van der Waals surface area (Å²) in [6.07, 6.45) is 2.65. The lowest BCUT2D eigenvalue weighted by Crippen LogP contribution is -2.20. The highest BCUT2D eigenvalue weighted by atomic mass is 79.9. The third-order valence-electron chi connectivity index (χ3n) is 2.57. The van der Waals surface area contributed by atoms with Gasteiger partial charge in [0.2, 0.25) is 5.89 Å². The largest absolute Gasteiger partial charge is 0.492 e. The van der Waals surface area contributed by atoms with Crippen LogP contribution < -0.4 is 10.1 Å². The number of benzene rings is 1. The quantitative estimate of drug-likeness (QED) is 0.795. The van der Waals surface area contributed by atoms with Crippen LogP contribution in [-0.2, 0) is 13.0 Å². The van der Waals surface area contributed by atoms with Crippen molar-refractivity contribution in [2.45, 2.75) is 19.9 Å². The topological polar surface area (TPSA) is 47.3 Å². The van der Waals surface area contributed by atoms with E-state index >= 15 is 0 Å². The van der Waals surface area contributed by atoms with Crippen molar-refractivity contribution >= 4 is 15.9 Å². The number of oxazole rings is 1. The minimum Gasteiger partial charge on any atom is -0.492 e. The summed E-state index contributed by atoms with van der Waals surface area (Å²) in [5.74, 6) is 2.50. The highest BCUT2D eigenvalue weighted by molar-refractivity contribution is 9.10. The first-order valence-electron chi connectivity index (χ1n) is 6.30. The van der Waals surface area contributed by atoms with E-state index in [4.69, 9.17) is 9.15 Å². The Bertz CT molecular complexity index is 514. The second kappa shape index (κ2) is 7.31. The van der Waals surface area contributed by atoms with E-state index in [1.807, 2.05) is 31.2 Å². The number of rotatable bonds is 7. The molecule has 0 fully saturated rings. The van der Waals surface area contributed by atoms with Gasteiger partial charge in [-0.3, -0.25) is 0 Å². The van der Waals surface area contributed by atoms with Gasteiger partial charge >= 0.3 is 0 Å². The molecular formula is C14H17BrN2O2. The van der Waals surface area contributed by atoms with E-state index in [1.165, 1.54) is 0 Å². The number of aryl methyl sites for hydroxylation is 1. The second-order valence-corrected chi connectivity index (χ2v) is 4.97. The molecular weight excluding hydrogens is 308 g/mol. The molecule has 0 spiro atoms. The fraction of sp³-hybridized carbons (Fsp3) is 0.357. The van der Waals surface area contributed by atoms with Gasteiger partial charge in [-0.05, 0) is 18.2 Å². The fourth-order valence-electron chi connectivity index (χ4n) is 1.59. The molecule has 102 valence electrons.